The van der Waals surface area contributed by atoms with E-state index in [4.69, 9.17) is 15.0 Å². The summed E-state index contributed by atoms with van der Waals surface area (Å²) >= 11 is 0. The third-order valence-electron chi connectivity index (χ3n) is 1.49. The quantitative estimate of drug-likeness (QED) is 0.540. The maximum absolute atomic E-state index is 10.0. The number of carboxylic acids is 2. The number of aliphatic carboxylic acids is 2. The molecule has 0 fully saturated rings. The summed E-state index contributed by atoms with van der Waals surface area (Å²) in [7, 11) is 0. The van der Waals surface area contributed by atoms with Crippen LogP contribution >= 0.6 is 12.4 Å². The van der Waals surface area contributed by atoms with E-state index in [0.29, 0.717) is 6.42 Å². The summed E-state index contributed by atoms with van der Waals surface area (Å²) in [6.07, 6.45) is 5.88. The molecule has 9 heteroatoms. The van der Waals surface area contributed by atoms with Crippen LogP contribution in [0.25, 0.3) is 0 Å². The van der Waals surface area contributed by atoms with E-state index in [0.717, 1.165) is 19.8 Å². The second kappa shape index (κ2) is 36.7. The molecule has 0 bridgehead atoms. The fourth-order valence-corrected chi connectivity index (χ4v) is 0.880. The van der Waals surface area contributed by atoms with E-state index in [-0.39, 0.29) is 87.8 Å². The molecule has 0 aromatic rings. The first kappa shape index (κ1) is 42.8. The van der Waals surface area contributed by atoms with Crippen LogP contribution in [-0.4, -0.2) is 97.6 Å². The summed E-state index contributed by atoms with van der Waals surface area (Å²) in [6, 6.07) is 0. The number of hydrogen-bond acceptors (Lipinski definition) is 2. The van der Waals surface area contributed by atoms with Gasteiger partial charge in [0.1, 0.15) is 0 Å². The molecule has 0 aliphatic carbocycles. The van der Waals surface area contributed by atoms with Crippen LogP contribution in [-0.2, 0) is 9.59 Å². The van der Waals surface area contributed by atoms with Crippen molar-refractivity contribution in [1.82, 2.24) is 0 Å². The molecule has 4 nitrogen and oxygen atoms in total. The topological polar surface area (TPSA) is 74.6 Å². The van der Waals surface area contributed by atoms with E-state index in [1.165, 1.54) is 19.3 Å². The zero-order chi connectivity index (χ0) is 11.4. The van der Waals surface area contributed by atoms with Gasteiger partial charge in [-0.15, -0.1) is 12.4 Å². The van der Waals surface area contributed by atoms with Gasteiger partial charge in [-0.3, -0.25) is 9.59 Å². The Hall–Kier alpha value is 1.62. The minimum atomic E-state index is -0.833. The molecule has 2 N–H and O–H groups in total. The van der Waals surface area contributed by atoms with E-state index in [9.17, 15) is 4.79 Å². The van der Waals surface area contributed by atoms with Crippen LogP contribution in [0.1, 0.15) is 52.4 Å². The molecule has 0 rings (SSSR count). The first-order chi connectivity index (χ1) is 6.50. The van der Waals surface area contributed by atoms with Crippen molar-refractivity contribution in [2.75, 3.05) is 0 Å². The fraction of sp³-hybridized carbons (Fsp3) is 0.800. The molecule has 0 aromatic carbocycles. The van der Waals surface area contributed by atoms with Gasteiger partial charge in [0.15, 0.2) is 0 Å². The Bertz CT molecular complexity index is 170. The minimum absolute atomic E-state index is 0. The average Bonchev–Trinajstić information content (AvgIpc) is 2.02. The number of unbranched alkanes of at least 4 members (excludes halogenated alkanes) is 4. The predicted octanol–water partition coefficient (Wildman–Crippen LogP) is 0.350. The first-order valence-corrected chi connectivity index (χ1v) is 4.92. The molecule has 0 amide bonds. The normalized spacial score (nSPS) is 6.42. The fourth-order valence-electron chi connectivity index (χ4n) is 0.880. The van der Waals surface area contributed by atoms with Crippen molar-refractivity contribution in [3.05, 3.63) is 0 Å². The summed E-state index contributed by atoms with van der Waals surface area (Å²) in [5.41, 5.74) is 0. The molecule has 0 atom stereocenters. The van der Waals surface area contributed by atoms with Gasteiger partial charge in [-0.25, -0.2) is 0 Å². The third kappa shape index (κ3) is 82.0. The van der Waals surface area contributed by atoms with Gasteiger partial charge in [-0.1, -0.05) is 32.6 Å². The van der Waals surface area contributed by atoms with E-state index in [1.54, 1.807) is 0 Å². The molecule has 0 saturated heterocycles. The Morgan fingerprint density at radius 2 is 1.16 bits per heavy atom. The Labute approximate surface area is 170 Å². The molecule has 0 saturated carbocycles. The summed E-state index contributed by atoms with van der Waals surface area (Å²) in [6.45, 7) is 3.23. The standard InChI is InChI=1S/C8H16O2.C2H4O2.ClH.4Li.4H/c1-2-3-4-5-6-7-8(9)10;1-2(3)4;;;;;;;;;/h2-7H2,1H3,(H,9,10);1H3,(H,3,4);1H;;;;;;;;. The van der Waals surface area contributed by atoms with Crippen molar-refractivity contribution in [2.45, 2.75) is 52.4 Å². The first-order valence-electron chi connectivity index (χ1n) is 4.92. The molecule has 0 aliphatic heterocycles. The molecule has 0 aromatic heterocycles. The van der Waals surface area contributed by atoms with Crippen molar-refractivity contribution in [3.63, 3.8) is 0 Å². The molecule has 0 aliphatic rings. The number of rotatable bonds is 6. The van der Waals surface area contributed by atoms with Crippen molar-refractivity contribution in [1.29, 1.82) is 0 Å². The Morgan fingerprint density at radius 1 is 0.842 bits per heavy atom. The number of hydrogen-bond donors (Lipinski definition) is 2. The molecule has 100 valence electrons. The van der Waals surface area contributed by atoms with Gasteiger partial charge in [0.25, 0.3) is 5.97 Å². The maximum atomic E-state index is 10.0. The average molecular weight is 273 g/mol. The van der Waals surface area contributed by atoms with Crippen LogP contribution in [0.4, 0.5) is 0 Å². The van der Waals surface area contributed by atoms with Crippen LogP contribution in [0.3, 0.4) is 0 Å². The number of carboxylic acid groups (broad SMARTS) is 2. The number of halogens is 1. The monoisotopic (exact) mass is 272 g/mol. The molecule has 19 heavy (non-hydrogen) atoms. The Morgan fingerprint density at radius 3 is 1.42 bits per heavy atom. The van der Waals surface area contributed by atoms with Gasteiger partial charge < -0.3 is 10.2 Å². The van der Waals surface area contributed by atoms with Crippen LogP contribution in [0.2, 0.25) is 0 Å². The molecule has 0 spiro atoms. The van der Waals surface area contributed by atoms with Crippen LogP contribution < -0.4 is 0 Å². The summed E-state index contributed by atoms with van der Waals surface area (Å²) in [5.74, 6) is -1.50. The van der Waals surface area contributed by atoms with Crippen LogP contribution in [0, 0.1) is 0 Å². The van der Waals surface area contributed by atoms with Crippen molar-refractivity contribution in [2.24, 2.45) is 0 Å². The van der Waals surface area contributed by atoms with Crippen LogP contribution in [0.5, 0.6) is 0 Å². The second-order valence-electron chi connectivity index (χ2n) is 3.08. The van der Waals surface area contributed by atoms with Gasteiger partial charge in [-0.2, -0.15) is 0 Å². The Kier molecular flexibility index (Phi) is 82.6. The van der Waals surface area contributed by atoms with Crippen LogP contribution in [0.15, 0.2) is 0 Å². The van der Waals surface area contributed by atoms with E-state index in [1.807, 2.05) is 0 Å². The number of carbonyl (C=O) groups is 2. The van der Waals surface area contributed by atoms with Crippen molar-refractivity contribution < 1.29 is 19.8 Å². The molecule has 0 unspecified atom stereocenters. The van der Waals surface area contributed by atoms with Crippen molar-refractivity contribution >= 4 is 99.8 Å². The van der Waals surface area contributed by atoms with E-state index >= 15 is 0 Å². The molecule has 0 radical (unpaired) electrons. The summed E-state index contributed by atoms with van der Waals surface area (Å²) in [4.78, 5) is 19.0. The molecule has 0 heterocycles. The van der Waals surface area contributed by atoms with Gasteiger partial charge in [0.2, 0.25) is 0 Å². The third-order valence-corrected chi connectivity index (χ3v) is 1.49. The molecular formula is C10H25ClLi4O4. The van der Waals surface area contributed by atoms with Gasteiger partial charge >= 0.3 is 81.4 Å². The SMILES string of the molecule is CC(=O)O.CCCCCCCC(=O)O.Cl.[LiH].[LiH].[LiH].[LiH]. The van der Waals surface area contributed by atoms with Crippen molar-refractivity contribution in [3.8, 4) is 0 Å². The summed E-state index contributed by atoms with van der Waals surface area (Å²) < 4.78 is 0. The second-order valence-corrected chi connectivity index (χ2v) is 3.08. The predicted molar refractivity (Wildman–Crippen MR) is 90.2 cm³/mol. The Balaban J connectivity index is -0.0000000288. The van der Waals surface area contributed by atoms with Gasteiger partial charge in [0.05, 0.1) is 0 Å². The molecular weight excluding hydrogens is 247 g/mol. The van der Waals surface area contributed by atoms with E-state index < -0.39 is 11.9 Å². The zero-order valence-electron chi connectivity index (χ0n) is 9.36. The van der Waals surface area contributed by atoms with Gasteiger partial charge in [-0.05, 0) is 6.42 Å². The van der Waals surface area contributed by atoms with E-state index in [2.05, 4.69) is 6.92 Å². The van der Waals surface area contributed by atoms with Gasteiger partial charge in [0, 0.05) is 13.3 Å². The summed E-state index contributed by atoms with van der Waals surface area (Å²) in [5, 5.41) is 15.7. The zero-order valence-corrected chi connectivity index (χ0v) is 10.2.